The summed E-state index contributed by atoms with van der Waals surface area (Å²) < 4.78 is 26.5. The second kappa shape index (κ2) is 5.59. The summed E-state index contributed by atoms with van der Waals surface area (Å²) in [6, 6.07) is 0. The second-order valence-corrected chi connectivity index (χ2v) is 6.26. The molecule has 0 fully saturated rings. The van der Waals surface area contributed by atoms with Gasteiger partial charge in [0.15, 0.2) is 0 Å². The lowest BCUT2D eigenvalue weighted by atomic mass is 10.4. The molecule has 1 heterocycles. The highest BCUT2D eigenvalue weighted by molar-refractivity contribution is 7.89. The predicted octanol–water partition coefficient (Wildman–Crippen LogP) is -1.31. The first kappa shape index (κ1) is 16.1. The van der Waals surface area contributed by atoms with Crippen LogP contribution in [0.3, 0.4) is 0 Å². The van der Waals surface area contributed by atoms with Crippen molar-refractivity contribution in [1.82, 2.24) is 14.1 Å². The van der Waals surface area contributed by atoms with Crippen molar-refractivity contribution in [2.24, 2.45) is 5.73 Å². The van der Waals surface area contributed by atoms with Gasteiger partial charge in [-0.15, -0.1) is 0 Å². The molecule has 1 aromatic rings. The van der Waals surface area contributed by atoms with Crippen LogP contribution in [0, 0.1) is 13.8 Å². The molecule has 1 aromatic heterocycles. The topological polar surface area (TPSA) is 136 Å². The molecule has 0 aromatic carbocycles. The summed E-state index contributed by atoms with van der Waals surface area (Å²) in [6.07, 6.45) is 0. The van der Waals surface area contributed by atoms with Gasteiger partial charge in [0, 0.05) is 7.05 Å². The molecule has 3 N–H and O–H groups in total. The molecule has 1 rings (SSSR count). The van der Waals surface area contributed by atoms with E-state index < -0.39 is 35.0 Å². The van der Waals surface area contributed by atoms with E-state index in [0.29, 0.717) is 0 Å². The van der Waals surface area contributed by atoms with Crippen LogP contribution in [-0.2, 0) is 26.2 Å². The Balaban J connectivity index is 3.29. The Labute approximate surface area is 116 Å². The highest BCUT2D eigenvalue weighted by Crippen LogP contribution is 2.22. The Hall–Kier alpha value is -1.94. The largest absolute Gasteiger partial charge is 0.480 e. The number of likely N-dealkylation sites (N-methyl/N-ethyl adjacent to an activating group) is 1. The van der Waals surface area contributed by atoms with E-state index >= 15 is 0 Å². The van der Waals surface area contributed by atoms with E-state index in [0.717, 1.165) is 8.99 Å². The highest BCUT2D eigenvalue weighted by Gasteiger charge is 2.29. The number of hydrogen-bond acceptors (Lipinski definition) is 5. The van der Waals surface area contributed by atoms with Gasteiger partial charge in [0.1, 0.15) is 11.4 Å². The number of amides is 1. The average molecular weight is 304 g/mol. The molecule has 0 atom stereocenters. The number of rotatable bonds is 6. The number of carboxylic acid groups (broad SMARTS) is 1. The van der Waals surface area contributed by atoms with E-state index in [1.807, 2.05) is 0 Å². The van der Waals surface area contributed by atoms with Gasteiger partial charge in [-0.05, 0) is 13.8 Å². The zero-order valence-electron chi connectivity index (χ0n) is 11.3. The van der Waals surface area contributed by atoms with Crippen LogP contribution in [0.4, 0.5) is 0 Å². The third-order valence-corrected chi connectivity index (χ3v) is 4.70. The molecule has 0 saturated carbocycles. The molecule has 0 bridgehead atoms. The summed E-state index contributed by atoms with van der Waals surface area (Å²) in [5.74, 6) is -1.92. The number of sulfonamides is 1. The van der Waals surface area contributed by atoms with Crippen molar-refractivity contribution in [3.05, 3.63) is 11.4 Å². The molecule has 0 radical (unpaired) electrons. The van der Waals surface area contributed by atoms with E-state index in [4.69, 9.17) is 10.8 Å². The number of aliphatic carboxylic acids is 1. The molecule has 0 saturated heterocycles. The van der Waals surface area contributed by atoms with Crippen LogP contribution >= 0.6 is 0 Å². The molecule has 0 unspecified atom stereocenters. The van der Waals surface area contributed by atoms with Crippen molar-refractivity contribution in [2.45, 2.75) is 25.3 Å². The van der Waals surface area contributed by atoms with Gasteiger partial charge in [0.2, 0.25) is 15.9 Å². The minimum atomic E-state index is -3.95. The summed E-state index contributed by atoms with van der Waals surface area (Å²) in [7, 11) is -2.74. The van der Waals surface area contributed by atoms with Crippen molar-refractivity contribution in [1.29, 1.82) is 0 Å². The number of carbonyl (C=O) groups is 2. The fourth-order valence-electron chi connectivity index (χ4n) is 1.80. The first-order valence-corrected chi connectivity index (χ1v) is 7.01. The van der Waals surface area contributed by atoms with Crippen molar-refractivity contribution >= 4 is 21.9 Å². The number of carboxylic acids is 1. The summed E-state index contributed by atoms with van der Waals surface area (Å²) in [5.41, 5.74) is 5.33. The zero-order chi connectivity index (χ0) is 15.7. The van der Waals surface area contributed by atoms with Crippen LogP contribution in [0.5, 0.6) is 0 Å². The number of aromatic nitrogens is 2. The van der Waals surface area contributed by atoms with E-state index in [2.05, 4.69) is 5.10 Å². The normalized spacial score (nSPS) is 11.8. The molecule has 0 aliphatic heterocycles. The second-order valence-electron chi connectivity index (χ2n) is 4.28. The van der Waals surface area contributed by atoms with Gasteiger partial charge in [-0.25, -0.2) is 8.42 Å². The Morgan fingerprint density at radius 2 is 1.95 bits per heavy atom. The van der Waals surface area contributed by atoms with Gasteiger partial charge < -0.3 is 10.8 Å². The molecule has 0 spiro atoms. The number of nitrogens with two attached hydrogens (primary N) is 1. The molecular formula is C10H16N4O5S. The van der Waals surface area contributed by atoms with Crippen LogP contribution in [0.25, 0.3) is 0 Å². The van der Waals surface area contributed by atoms with Crippen LogP contribution in [-0.4, -0.2) is 53.1 Å². The summed E-state index contributed by atoms with van der Waals surface area (Å²) in [4.78, 5) is 21.4. The number of carbonyl (C=O) groups excluding carboxylic acids is 1. The monoisotopic (exact) mass is 304 g/mol. The fraction of sp³-hybridized carbons (Fsp3) is 0.500. The first-order chi connectivity index (χ1) is 9.07. The Bertz CT molecular complexity index is 649. The quantitative estimate of drug-likeness (QED) is 0.669. The van der Waals surface area contributed by atoms with Gasteiger partial charge in [-0.1, -0.05) is 0 Å². The third kappa shape index (κ3) is 3.14. The van der Waals surface area contributed by atoms with E-state index in [-0.39, 0.29) is 16.3 Å². The highest BCUT2D eigenvalue weighted by atomic mass is 32.2. The smallest absolute Gasteiger partial charge is 0.325 e. The molecule has 0 aliphatic rings. The van der Waals surface area contributed by atoms with Crippen LogP contribution in [0.2, 0.25) is 0 Å². The maximum absolute atomic E-state index is 12.3. The first-order valence-electron chi connectivity index (χ1n) is 5.57. The minimum absolute atomic E-state index is 0.109. The van der Waals surface area contributed by atoms with Crippen LogP contribution in [0.15, 0.2) is 4.90 Å². The molecule has 9 nitrogen and oxygen atoms in total. The number of hydrogen-bond donors (Lipinski definition) is 2. The SMILES string of the molecule is Cc1nn(CC(=O)O)c(C)c1S(=O)(=O)N(C)CC(N)=O. The van der Waals surface area contributed by atoms with Crippen molar-refractivity contribution in [3.63, 3.8) is 0 Å². The van der Waals surface area contributed by atoms with Crippen LogP contribution in [0.1, 0.15) is 11.4 Å². The van der Waals surface area contributed by atoms with Crippen molar-refractivity contribution in [3.8, 4) is 0 Å². The Kier molecular flexibility index (Phi) is 4.50. The molecular weight excluding hydrogens is 288 g/mol. The third-order valence-electron chi connectivity index (χ3n) is 2.65. The number of aryl methyl sites for hydroxylation is 1. The molecule has 10 heteroatoms. The fourth-order valence-corrected chi connectivity index (χ4v) is 3.30. The van der Waals surface area contributed by atoms with Gasteiger partial charge in [-0.2, -0.15) is 9.40 Å². The van der Waals surface area contributed by atoms with Crippen molar-refractivity contribution in [2.75, 3.05) is 13.6 Å². The summed E-state index contributed by atoms with van der Waals surface area (Å²) >= 11 is 0. The summed E-state index contributed by atoms with van der Waals surface area (Å²) in [5, 5.41) is 12.6. The minimum Gasteiger partial charge on any atom is -0.480 e. The average Bonchev–Trinajstić information content (AvgIpc) is 2.52. The Morgan fingerprint density at radius 3 is 2.40 bits per heavy atom. The molecule has 0 aliphatic carbocycles. The molecule has 112 valence electrons. The molecule has 1 amide bonds. The van der Waals surface area contributed by atoms with Gasteiger partial charge in [0.25, 0.3) is 0 Å². The number of primary amides is 1. The standard InChI is InChI=1S/C10H16N4O5S/c1-6-10(7(2)14(12-6)5-9(16)17)20(18,19)13(3)4-8(11)15/h4-5H2,1-3H3,(H2,11,15)(H,16,17). The zero-order valence-corrected chi connectivity index (χ0v) is 12.1. The van der Waals surface area contributed by atoms with E-state index in [9.17, 15) is 18.0 Å². The maximum atomic E-state index is 12.3. The van der Waals surface area contributed by atoms with Crippen molar-refractivity contribution < 1.29 is 23.1 Å². The van der Waals surface area contributed by atoms with Gasteiger partial charge in [-0.3, -0.25) is 14.3 Å². The van der Waals surface area contributed by atoms with Crippen LogP contribution < -0.4 is 5.73 Å². The van der Waals surface area contributed by atoms with Gasteiger partial charge in [0.05, 0.1) is 17.9 Å². The van der Waals surface area contributed by atoms with Gasteiger partial charge >= 0.3 is 5.97 Å². The Morgan fingerprint density at radius 1 is 1.40 bits per heavy atom. The maximum Gasteiger partial charge on any atom is 0.325 e. The lowest BCUT2D eigenvalue weighted by Crippen LogP contribution is -2.35. The number of nitrogens with zero attached hydrogens (tertiary/aromatic N) is 3. The van der Waals surface area contributed by atoms with E-state index in [1.54, 1.807) is 0 Å². The summed E-state index contributed by atoms with van der Waals surface area (Å²) in [6.45, 7) is 2.00. The predicted molar refractivity (Wildman–Crippen MR) is 68.3 cm³/mol. The lowest BCUT2D eigenvalue weighted by Gasteiger charge is -2.15. The van der Waals surface area contributed by atoms with E-state index in [1.165, 1.54) is 20.9 Å². The molecule has 20 heavy (non-hydrogen) atoms. The lowest BCUT2D eigenvalue weighted by molar-refractivity contribution is -0.138.